The van der Waals surface area contributed by atoms with Gasteiger partial charge in [-0.05, 0) is 6.07 Å². The lowest BCUT2D eigenvalue weighted by Crippen LogP contribution is -2.21. The molecule has 3 heteroatoms. The van der Waals surface area contributed by atoms with Gasteiger partial charge >= 0.3 is 0 Å². The molecular weight excluding hydrogens is 174 g/mol. The molecule has 0 aliphatic carbocycles. The molecule has 1 aliphatic rings. The van der Waals surface area contributed by atoms with Crippen LogP contribution in [0.25, 0.3) is 5.70 Å². The predicted octanol–water partition coefficient (Wildman–Crippen LogP) is 1.83. The molecule has 0 bridgehead atoms. The molecule has 0 atom stereocenters. The van der Waals surface area contributed by atoms with Crippen LogP contribution in [0.15, 0.2) is 36.6 Å². The number of aromatic nitrogens is 1. The van der Waals surface area contributed by atoms with Crippen molar-refractivity contribution >= 4 is 11.9 Å². The molecule has 2 heterocycles. The van der Waals surface area contributed by atoms with Crippen molar-refractivity contribution in [2.24, 2.45) is 12.1 Å². The van der Waals surface area contributed by atoms with Crippen LogP contribution < -0.4 is 0 Å². The van der Waals surface area contributed by atoms with E-state index in [1.807, 2.05) is 36.6 Å². The lowest BCUT2D eigenvalue weighted by molar-refractivity contribution is 0.464. The number of aryl methyl sites for hydroxylation is 1. The molecule has 72 valence electrons. The van der Waals surface area contributed by atoms with E-state index >= 15 is 0 Å². The molecule has 0 aromatic carbocycles. The Bertz CT molecular complexity index is 412. The van der Waals surface area contributed by atoms with E-state index in [0.29, 0.717) is 6.54 Å². The number of nitrogens with zero attached hydrogens (tertiary/aromatic N) is 3. The maximum absolute atomic E-state index is 4.28. The minimum atomic E-state index is 0.694. The average molecular weight is 187 g/mol. The Morgan fingerprint density at radius 2 is 2.36 bits per heavy atom. The Hall–Kier alpha value is -1.77. The fraction of sp³-hybridized carbons (Fsp3) is 0.182. The summed E-state index contributed by atoms with van der Waals surface area (Å²) >= 11 is 0. The molecule has 1 aromatic rings. The van der Waals surface area contributed by atoms with Gasteiger partial charge in [0.2, 0.25) is 0 Å². The second-order valence-corrected chi connectivity index (χ2v) is 3.29. The number of rotatable bonds is 2. The summed E-state index contributed by atoms with van der Waals surface area (Å²) in [4.78, 5) is 0. The van der Waals surface area contributed by atoms with E-state index in [4.69, 9.17) is 0 Å². The highest BCUT2D eigenvalue weighted by molar-refractivity contribution is 5.89. The first-order valence-corrected chi connectivity index (χ1v) is 4.51. The molecule has 0 saturated carbocycles. The summed E-state index contributed by atoms with van der Waals surface area (Å²) in [5.41, 5.74) is 3.18. The van der Waals surface area contributed by atoms with Gasteiger partial charge in [-0.2, -0.15) is 5.10 Å². The van der Waals surface area contributed by atoms with Gasteiger partial charge < -0.3 is 4.57 Å². The van der Waals surface area contributed by atoms with Crippen LogP contribution in [0.3, 0.4) is 0 Å². The van der Waals surface area contributed by atoms with E-state index in [0.717, 1.165) is 17.0 Å². The van der Waals surface area contributed by atoms with Crippen molar-refractivity contribution in [3.8, 4) is 0 Å². The van der Waals surface area contributed by atoms with Gasteiger partial charge in [-0.25, -0.2) is 0 Å². The number of hydrogen-bond acceptors (Lipinski definition) is 2. The highest BCUT2D eigenvalue weighted by Gasteiger charge is 2.17. The first-order valence-electron chi connectivity index (χ1n) is 4.51. The van der Waals surface area contributed by atoms with Crippen molar-refractivity contribution in [3.05, 3.63) is 42.8 Å². The maximum atomic E-state index is 4.28. The molecule has 0 amide bonds. The quantitative estimate of drug-likeness (QED) is 0.647. The SMILES string of the molecule is C=CCN1N=Cc2ccn(C)c2C1=C. The minimum Gasteiger partial charge on any atom is -0.349 e. The van der Waals surface area contributed by atoms with Gasteiger partial charge in [-0.1, -0.05) is 12.7 Å². The first kappa shape index (κ1) is 8.81. The van der Waals surface area contributed by atoms with Crippen molar-refractivity contribution in [2.75, 3.05) is 6.54 Å². The number of hydrazone groups is 1. The second-order valence-electron chi connectivity index (χ2n) is 3.29. The maximum Gasteiger partial charge on any atom is 0.0769 e. The largest absolute Gasteiger partial charge is 0.349 e. The molecule has 0 unspecified atom stereocenters. The fourth-order valence-electron chi connectivity index (χ4n) is 1.63. The van der Waals surface area contributed by atoms with E-state index in [2.05, 4.69) is 22.8 Å². The van der Waals surface area contributed by atoms with Crippen LogP contribution in [-0.2, 0) is 7.05 Å². The third-order valence-electron chi connectivity index (χ3n) is 2.33. The Balaban J connectivity index is 2.42. The standard InChI is InChI=1S/C11H13N3/c1-4-6-14-9(2)11-10(8-12-14)5-7-13(11)3/h4-5,7-8H,1-2,6H2,3H3. The summed E-state index contributed by atoms with van der Waals surface area (Å²) in [6, 6.07) is 2.04. The minimum absolute atomic E-state index is 0.694. The molecule has 0 radical (unpaired) electrons. The van der Waals surface area contributed by atoms with Crippen LogP contribution in [0.1, 0.15) is 11.3 Å². The van der Waals surface area contributed by atoms with Gasteiger partial charge in [-0.15, -0.1) is 6.58 Å². The molecule has 14 heavy (non-hydrogen) atoms. The van der Waals surface area contributed by atoms with Crippen LogP contribution in [0.4, 0.5) is 0 Å². The van der Waals surface area contributed by atoms with E-state index in [1.165, 1.54) is 0 Å². The van der Waals surface area contributed by atoms with Crippen molar-refractivity contribution < 1.29 is 0 Å². The van der Waals surface area contributed by atoms with E-state index in [1.54, 1.807) is 0 Å². The van der Waals surface area contributed by atoms with E-state index in [-0.39, 0.29) is 0 Å². The molecule has 3 nitrogen and oxygen atoms in total. The lowest BCUT2D eigenvalue weighted by Gasteiger charge is -2.24. The summed E-state index contributed by atoms with van der Waals surface area (Å²) in [5.74, 6) is 0. The fourth-order valence-corrected chi connectivity index (χ4v) is 1.63. The van der Waals surface area contributed by atoms with Gasteiger partial charge in [-0.3, -0.25) is 5.01 Å². The zero-order valence-electron chi connectivity index (χ0n) is 8.27. The van der Waals surface area contributed by atoms with Crippen molar-refractivity contribution in [3.63, 3.8) is 0 Å². The highest BCUT2D eigenvalue weighted by Crippen LogP contribution is 2.24. The van der Waals surface area contributed by atoms with Gasteiger partial charge in [0, 0.05) is 18.8 Å². The van der Waals surface area contributed by atoms with Crippen molar-refractivity contribution in [1.29, 1.82) is 0 Å². The third-order valence-corrected chi connectivity index (χ3v) is 2.33. The monoisotopic (exact) mass is 187 g/mol. The Labute approximate surface area is 83.6 Å². The molecule has 0 saturated heterocycles. The van der Waals surface area contributed by atoms with Gasteiger partial charge in [0.25, 0.3) is 0 Å². The lowest BCUT2D eigenvalue weighted by atomic mass is 10.2. The summed E-state index contributed by atoms with van der Waals surface area (Å²) in [6.07, 6.45) is 5.68. The molecule has 0 spiro atoms. The normalized spacial score (nSPS) is 14.4. The molecule has 0 N–H and O–H groups in total. The summed E-state index contributed by atoms with van der Waals surface area (Å²) < 4.78 is 2.05. The predicted molar refractivity (Wildman–Crippen MR) is 58.9 cm³/mol. The summed E-state index contributed by atoms with van der Waals surface area (Å²) in [6.45, 7) is 8.42. The van der Waals surface area contributed by atoms with Crippen LogP contribution in [0.2, 0.25) is 0 Å². The van der Waals surface area contributed by atoms with Crippen molar-refractivity contribution in [1.82, 2.24) is 9.58 Å². The average Bonchev–Trinajstić information content (AvgIpc) is 2.54. The van der Waals surface area contributed by atoms with Gasteiger partial charge in [0.15, 0.2) is 0 Å². The smallest absolute Gasteiger partial charge is 0.0769 e. The molecule has 1 aromatic heterocycles. The number of hydrogen-bond donors (Lipinski definition) is 0. The van der Waals surface area contributed by atoms with Crippen LogP contribution >= 0.6 is 0 Å². The Morgan fingerprint density at radius 3 is 3.07 bits per heavy atom. The second kappa shape index (κ2) is 3.18. The van der Waals surface area contributed by atoms with Gasteiger partial charge in [0.05, 0.1) is 24.2 Å². The number of fused-ring (bicyclic) bond motifs is 1. The van der Waals surface area contributed by atoms with E-state index < -0.39 is 0 Å². The van der Waals surface area contributed by atoms with Crippen molar-refractivity contribution in [2.45, 2.75) is 0 Å². The molecular formula is C11H13N3. The highest BCUT2D eigenvalue weighted by atomic mass is 15.5. The zero-order valence-corrected chi connectivity index (χ0v) is 8.27. The van der Waals surface area contributed by atoms with Gasteiger partial charge in [0.1, 0.15) is 0 Å². The summed E-state index contributed by atoms with van der Waals surface area (Å²) in [5, 5.41) is 6.12. The Kier molecular flexibility index (Phi) is 2.00. The van der Waals surface area contributed by atoms with Crippen LogP contribution in [-0.4, -0.2) is 22.3 Å². The Morgan fingerprint density at radius 1 is 1.57 bits per heavy atom. The molecule has 0 fully saturated rings. The molecule has 2 rings (SSSR count). The van der Waals surface area contributed by atoms with E-state index in [9.17, 15) is 0 Å². The molecule has 1 aliphatic heterocycles. The third kappa shape index (κ3) is 1.18. The zero-order chi connectivity index (χ0) is 10.1. The van der Waals surface area contributed by atoms with Crippen LogP contribution in [0.5, 0.6) is 0 Å². The summed E-state index contributed by atoms with van der Waals surface area (Å²) in [7, 11) is 2.01. The first-order chi connectivity index (χ1) is 6.74. The topological polar surface area (TPSA) is 20.5 Å². The van der Waals surface area contributed by atoms with Crippen LogP contribution in [0, 0.1) is 0 Å².